The zero-order valence-corrected chi connectivity index (χ0v) is 12.9. The third-order valence-electron chi connectivity index (χ3n) is 3.44. The van der Waals surface area contributed by atoms with Gasteiger partial charge in [-0.25, -0.2) is 0 Å². The van der Waals surface area contributed by atoms with Gasteiger partial charge in [0.15, 0.2) is 0 Å². The topological polar surface area (TPSA) is 72.7 Å². The molecule has 1 aromatic carbocycles. The van der Waals surface area contributed by atoms with Crippen molar-refractivity contribution < 1.29 is 4.79 Å². The highest BCUT2D eigenvalue weighted by atomic mass is 16.2. The number of benzene rings is 1. The number of nitrogens with zero attached hydrogens (tertiary/aromatic N) is 4. The molecule has 1 heterocycles. The van der Waals surface area contributed by atoms with E-state index in [2.05, 4.69) is 34.6 Å². The van der Waals surface area contributed by atoms with E-state index in [1.165, 1.54) is 10.4 Å². The van der Waals surface area contributed by atoms with E-state index in [0.717, 1.165) is 5.56 Å². The van der Waals surface area contributed by atoms with Crippen LogP contribution in [0.2, 0.25) is 0 Å². The lowest BCUT2D eigenvalue weighted by Crippen LogP contribution is -2.38. The van der Waals surface area contributed by atoms with Crippen molar-refractivity contribution in [1.29, 1.82) is 0 Å². The third-order valence-corrected chi connectivity index (χ3v) is 3.44. The van der Waals surface area contributed by atoms with Gasteiger partial charge in [0, 0.05) is 11.6 Å². The SMILES string of the molecule is Cc1ccc(-c2nnn(CC(=O)N[C@H](C)C(C)C)n2)cc1. The van der Waals surface area contributed by atoms with Crippen LogP contribution in [0, 0.1) is 12.8 Å². The molecule has 2 rings (SSSR count). The molecule has 1 amide bonds. The molecule has 2 aromatic rings. The Morgan fingerprint density at radius 1 is 1.24 bits per heavy atom. The monoisotopic (exact) mass is 287 g/mol. The Labute approximate surface area is 124 Å². The molecule has 0 fully saturated rings. The fourth-order valence-corrected chi connectivity index (χ4v) is 1.72. The summed E-state index contributed by atoms with van der Waals surface area (Å²) in [5.41, 5.74) is 2.07. The molecule has 0 aliphatic rings. The van der Waals surface area contributed by atoms with E-state index in [9.17, 15) is 4.79 Å². The second-order valence-corrected chi connectivity index (χ2v) is 5.61. The van der Waals surface area contributed by atoms with Gasteiger partial charge in [-0.3, -0.25) is 4.79 Å². The summed E-state index contributed by atoms with van der Waals surface area (Å²) in [5.74, 6) is 0.810. The normalized spacial score (nSPS) is 12.4. The van der Waals surface area contributed by atoms with Gasteiger partial charge in [0.1, 0.15) is 6.54 Å². The highest BCUT2D eigenvalue weighted by Crippen LogP contribution is 2.13. The maximum atomic E-state index is 11.9. The number of carbonyl (C=O) groups excluding carboxylic acids is 1. The molecule has 0 saturated heterocycles. The molecule has 21 heavy (non-hydrogen) atoms. The van der Waals surface area contributed by atoms with Crippen LogP contribution < -0.4 is 5.32 Å². The lowest BCUT2D eigenvalue weighted by molar-refractivity contribution is -0.123. The maximum absolute atomic E-state index is 11.9. The largest absolute Gasteiger partial charge is 0.352 e. The van der Waals surface area contributed by atoms with Crippen LogP contribution in [0.15, 0.2) is 24.3 Å². The molecule has 0 aliphatic carbocycles. The Hall–Kier alpha value is -2.24. The lowest BCUT2D eigenvalue weighted by atomic mass is 10.1. The van der Waals surface area contributed by atoms with E-state index in [1.54, 1.807) is 0 Å². The predicted octanol–water partition coefficient (Wildman–Crippen LogP) is 1.81. The summed E-state index contributed by atoms with van der Waals surface area (Å²) >= 11 is 0. The van der Waals surface area contributed by atoms with Crippen LogP contribution in [0.25, 0.3) is 11.4 Å². The van der Waals surface area contributed by atoms with Gasteiger partial charge < -0.3 is 5.32 Å². The minimum Gasteiger partial charge on any atom is -0.352 e. The molecule has 0 radical (unpaired) electrons. The van der Waals surface area contributed by atoms with Crippen LogP contribution in [0.3, 0.4) is 0 Å². The van der Waals surface area contributed by atoms with Crippen molar-refractivity contribution in [3.63, 3.8) is 0 Å². The van der Waals surface area contributed by atoms with Crippen molar-refractivity contribution in [2.45, 2.75) is 40.3 Å². The van der Waals surface area contributed by atoms with E-state index < -0.39 is 0 Å². The molecule has 1 atom stereocenters. The first-order valence-electron chi connectivity index (χ1n) is 7.10. The van der Waals surface area contributed by atoms with Gasteiger partial charge in [-0.2, -0.15) is 4.80 Å². The predicted molar refractivity (Wildman–Crippen MR) is 80.4 cm³/mol. The molecule has 0 aliphatic heterocycles. The van der Waals surface area contributed by atoms with Crippen LogP contribution in [0.5, 0.6) is 0 Å². The van der Waals surface area contributed by atoms with Crippen LogP contribution in [0.4, 0.5) is 0 Å². The van der Waals surface area contributed by atoms with Gasteiger partial charge in [-0.15, -0.1) is 10.2 Å². The van der Waals surface area contributed by atoms with Gasteiger partial charge in [0.25, 0.3) is 0 Å². The molecule has 6 nitrogen and oxygen atoms in total. The van der Waals surface area contributed by atoms with Crippen molar-refractivity contribution in [3.05, 3.63) is 29.8 Å². The molecular weight excluding hydrogens is 266 g/mol. The number of hydrogen-bond donors (Lipinski definition) is 1. The summed E-state index contributed by atoms with van der Waals surface area (Å²) in [6, 6.07) is 7.99. The van der Waals surface area contributed by atoms with Gasteiger partial charge >= 0.3 is 0 Å². The summed E-state index contributed by atoms with van der Waals surface area (Å²) in [4.78, 5) is 13.2. The molecule has 0 unspecified atom stereocenters. The summed E-state index contributed by atoms with van der Waals surface area (Å²) in [6.45, 7) is 8.21. The third kappa shape index (κ3) is 4.11. The standard InChI is InChI=1S/C15H21N5O/c1-10(2)12(4)16-14(21)9-20-18-15(17-19-20)13-7-5-11(3)6-8-13/h5-8,10,12H,9H2,1-4H3,(H,16,21)/t12-/m1/s1. The smallest absolute Gasteiger partial charge is 0.243 e. The highest BCUT2D eigenvalue weighted by molar-refractivity contribution is 5.75. The number of rotatable bonds is 5. The first-order chi connectivity index (χ1) is 9.95. The number of aromatic nitrogens is 4. The van der Waals surface area contributed by atoms with Crippen molar-refractivity contribution >= 4 is 5.91 Å². The lowest BCUT2D eigenvalue weighted by Gasteiger charge is -2.16. The Morgan fingerprint density at radius 2 is 1.90 bits per heavy atom. The summed E-state index contributed by atoms with van der Waals surface area (Å²) in [6.07, 6.45) is 0. The number of amides is 1. The zero-order valence-electron chi connectivity index (χ0n) is 12.9. The molecule has 112 valence electrons. The number of aryl methyl sites for hydroxylation is 1. The average molecular weight is 287 g/mol. The molecule has 1 aromatic heterocycles. The van der Waals surface area contributed by atoms with Crippen LogP contribution in [-0.4, -0.2) is 32.2 Å². The second kappa shape index (κ2) is 6.47. The van der Waals surface area contributed by atoms with Gasteiger partial charge in [-0.05, 0) is 25.0 Å². The van der Waals surface area contributed by atoms with Crippen molar-refractivity contribution in [1.82, 2.24) is 25.5 Å². The maximum Gasteiger partial charge on any atom is 0.243 e. The Bertz CT molecular complexity index is 603. The average Bonchev–Trinajstić information content (AvgIpc) is 2.87. The van der Waals surface area contributed by atoms with Gasteiger partial charge in [0.2, 0.25) is 11.7 Å². The number of carbonyl (C=O) groups is 1. The van der Waals surface area contributed by atoms with Gasteiger partial charge in [-0.1, -0.05) is 43.7 Å². The Kier molecular flexibility index (Phi) is 4.67. The van der Waals surface area contributed by atoms with E-state index in [-0.39, 0.29) is 18.5 Å². The minimum atomic E-state index is -0.107. The summed E-state index contributed by atoms with van der Waals surface area (Å²) in [5, 5.41) is 15.1. The van der Waals surface area contributed by atoms with E-state index in [4.69, 9.17) is 0 Å². The summed E-state index contributed by atoms with van der Waals surface area (Å²) < 4.78 is 0. The van der Waals surface area contributed by atoms with Gasteiger partial charge in [0.05, 0.1) is 0 Å². The molecule has 6 heteroatoms. The Balaban J connectivity index is 2.00. The number of hydrogen-bond acceptors (Lipinski definition) is 4. The molecule has 0 saturated carbocycles. The fraction of sp³-hybridized carbons (Fsp3) is 0.467. The van der Waals surface area contributed by atoms with Crippen LogP contribution in [0.1, 0.15) is 26.3 Å². The number of nitrogens with one attached hydrogen (secondary N) is 1. The molecule has 0 bridgehead atoms. The summed E-state index contributed by atoms with van der Waals surface area (Å²) in [7, 11) is 0. The van der Waals surface area contributed by atoms with E-state index >= 15 is 0 Å². The molecular formula is C15H21N5O. The second-order valence-electron chi connectivity index (χ2n) is 5.61. The number of tetrazole rings is 1. The first-order valence-corrected chi connectivity index (χ1v) is 7.10. The minimum absolute atomic E-state index is 0.0793. The first kappa shape index (κ1) is 15.2. The molecule has 0 spiro atoms. The highest BCUT2D eigenvalue weighted by Gasteiger charge is 2.13. The van der Waals surface area contributed by atoms with Crippen molar-refractivity contribution in [2.24, 2.45) is 5.92 Å². The van der Waals surface area contributed by atoms with E-state index in [1.807, 2.05) is 38.1 Å². The van der Waals surface area contributed by atoms with Crippen LogP contribution in [-0.2, 0) is 11.3 Å². The van der Waals surface area contributed by atoms with Crippen molar-refractivity contribution in [2.75, 3.05) is 0 Å². The van der Waals surface area contributed by atoms with Crippen LogP contribution >= 0.6 is 0 Å². The fourth-order valence-electron chi connectivity index (χ4n) is 1.72. The quantitative estimate of drug-likeness (QED) is 0.910. The Morgan fingerprint density at radius 3 is 2.52 bits per heavy atom. The molecule has 1 N–H and O–H groups in total. The zero-order chi connectivity index (χ0) is 15.4. The van der Waals surface area contributed by atoms with Crippen molar-refractivity contribution in [3.8, 4) is 11.4 Å². The van der Waals surface area contributed by atoms with E-state index in [0.29, 0.717) is 11.7 Å².